The Labute approximate surface area is 141 Å². The number of carbonyl (C=O) groups excluding carboxylic acids is 1. The molecule has 1 aliphatic heterocycles. The van der Waals surface area contributed by atoms with Crippen molar-refractivity contribution < 1.29 is 4.79 Å². The Hall–Kier alpha value is -0.200. The van der Waals surface area contributed by atoms with Crippen LogP contribution in [0.1, 0.15) is 25.3 Å². The molecule has 1 heterocycles. The van der Waals surface area contributed by atoms with Gasteiger partial charge in [-0.2, -0.15) is 11.8 Å². The lowest BCUT2D eigenvalue weighted by atomic mass is 10.0. The highest BCUT2D eigenvalue weighted by atomic mass is 79.9. The molecule has 1 saturated heterocycles. The highest BCUT2D eigenvalue weighted by Gasteiger charge is 2.19. The number of urea groups is 1. The third-order valence-corrected chi connectivity index (χ3v) is 5.45. The van der Waals surface area contributed by atoms with Crippen LogP contribution in [0.2, 0.25) is 0 Å². The SMILES string of the molecule is CC(C)c1cc(Br)c(NC(=O)N2CCSCC2)c(Br)c1. The predicted molar refractivity (Wildman–Crippen MR) is 93.8 cm³/mol. The van der Waals surface area contributed by atoms with Crippen LogP contribution in [0.15, 0.2) is 21.1 Å². The standard InChI is InChI=1S/C14H18Br2N2OS/c1-9(2)10-7-11(15)13(12(16)8-10)17-14(19)18-3-5-20-6-4-18/h7-9H,3-6H2,1-2H3,(H,17,19). The van der Waals surface area contributed by atoms with E-state index in [0.717, 1.165) is 39.2 Å². The molecular formula is C14H18Br2N2OS. The van der Waals surface area contributed by atoms with Crippen molar-refractivity contribution in [3.05, 3.63) is 26.6 Å². The summed E-state index contributed by atoms with van der Waals surface area (Å²) in [7, 11) is 0. The molecule has 0 spiro atoms. The molecule has 110 valence electrons. The molecule has 1 fully saturated rings. The largest absolute Gasteiger partial charge is 0.323 e. The zero-order valence-electron chi connectivity index (χ0n) is 11.6. The Morgan fingerprint density at radius 3 is 2.30 bits per heavy atom. The van der Waals surface area contributed by atoms with E-state index >= 15 is 0 Å². The van der Waals surface area contributed by atoms with Gasteiger partial charge < -0.3 is 10.2 Å². The molecule has 6 heteroatoms. The maximum absolute atomic E-state index is 12.3. The third kappa shape index (κ3) is 3.92. The monoisotopic (exact) mass is 420 g/mol. The summed E-state index contributed by atoms with van der Waals surface area (Å²) in [4.78, 5) is 14.1. The molecule has 0 radical (unpaired) electrons. The van der Waals surface area contributed by atoms with Crippen molar-refractivity contribution in [3.8, 4) is 0 Å². The van der Waals surface area contributed by atoms with Crippen LogP contribution >= 0.6 is 43.6 Å². The van der Waals surface area contributed by atoms with Gasteiger partial charge in [0.05, 0.1) is 5.69 Å². The van der Waals surface area contributed by atoms with E-state index in [1.165, 1.54) is 5.56 Å². The van der Waals surface area contributed by atoms with Gasteiger partial charge in [-0.05, 0) is 55.5 Å². The van der Waals surface area contributed by atoms with Gasteiger partial charge in [-0.15, -0.1) is 0 Å². The quantitative estimate of drug-likeness (QED) is 0.735. The van der Waals surface area contributed by atoms with E-state index in [2.05, 4.69) is 63.2 Å². The number of amides is 2. The van der Waals surface area contributed by atoms with Crippen LogP contribution in [0.25, 0.3) is 0 Å². The second-order valence-corrected chi connectivity index (χ2v) is 7.98. The smallest absolute Gasteiger partial charge is 0.321 e. The number of benzene rings is 1. The first-order valence-electron chi connectivity index (χ1n) is 6.61. The zero-order valence-corrected chi connectivity index (χ0v) is 15.6. The molecule has 1 aromatic carbocycles. The number of thioether (sulfide) groups is 1. The molecule has 0 aliphatic carbocycles. The van der Waals surface area contributed by atoms with Gasteiger partial charge in [0.15, 0.2) is 0 Å². The van der Waals surface area contributed by atoms with E-state index in [1.54, 1.807) is 0 Å². The molecule has 0 saturated carbocycles. The van der Waals surface area contributed by atoms with Crippen LogP contribution < -0.4 is 5.32 Å². The van der Waals surface area contributed by atoms with Gasteiger partial charge in [0.1, 0.15) is 0 Å². The van der Waals surface area contributed by atoms with E-state index in [-0.39, 0.29) is 6.03 Å². The van der Waals surface area contributed by atoms with Gasteiger partial charge >= 0.3 is 6.03 Å². The molecular weight excluding hydrogens is 404 g/mol. The number of nitrogens with zero attached hydrogens (tertiary/aromatic N) is 1. The van der Waals surface area contributed by atoms with Crippen molar-refractivity contribution in [1.82, 2.24) is 4.90 Å². The van der Waals surface area contributed by atoms with Crippen LogP contribution in [0, 0.1) is 0 Å². The zero-order chi connectivity index (χ0) is 14.7. The maximum Gasteiger partial charge on any atom is 0.321 e. The Kier molecular flexibility index (Phi) is 5.81. The number of rotatable bonds is 2. The fourth-order valence-electron chi connectivity index (χ4n) is 2.00. The summed E-state index contributed by atoms with van der Waals surface area (Å²) in [5.41, 5.74) is 2.04. The summed E-state index contributed by atoms with van der Waals surface area (Å²) in [6.45, 7) is 5.93. The minimum atomic E-state index is -0.0241. The number of hydrogen-bond acceptors (Lipinski definition) is 2. The molecule has 20 heavy (non-hydrogen) atoms. The van der Waals surface area contributed by atoms with Crippen molar-refractivity contribution >= 4 is 55.3 Å². The van der Waals surface area contributed by atoms with Gasteiger partial charge in [0.2, 0.25) is 0 Å². The number of nitrogens with one attached hydrogen (secondary N) is 1. The molecule has 0 bridgehead atoms. The summed E-state index contributed by atoms with van der Waals surface area (Å²) < 4.78 is 1.82. The molecule has 3 nitrogen and oxygen atoms in total. The van der Waals surface area contributed by atoms with E-state index < -0.39 is 0 Å². The molecule has 2 amide bonds. The van der Waals surface area contributed by atoms with Gasteiger partial charge in [0.25, 0.3) is 0 Å². The Bertz CT molecular complexity index is 479. The summed E-state index contributed by atoms with van der Waals surface area (Å²) in [6.07, 6.45) is 0. The first-order chi connectivity index (χ1) is 9.49. The molecule has 1 aliphatic rings. The average molecular weight is 422 g/mol. The first kappa shape index (κ1) is 16.2. The Morgan fingerprint density at radius 1 is 1.25 bits per heavy atom. The number of hydrogen-bond donors (Lipinski definition) is 1. The highest BCUT2D eigenvalue weighted by Crippen LogP contribution is 2.35. The van der Waals surface area contributed by atoms with E-state index in [1.807, 2.05) is 16.7 Å². The Balaban J connectivity index is 2.14. The summed E-state index contributed by atoms with van der Waals surface area (Å²) in [5.74, 6) is 2.48. The molecule has 0 aromatic heterocycles. The number of carbonyl (C=O) groups is 1. The van der Waals surface area contributed by atoms with Gasteiger partial charge in [0, 0.05) is 33.5 Å². The van der Waals surface area contributed by atoms with Crippen LogP contribution in [-0.4, -0.2) is 35.5 Å². The fraction of sp³-hybridized carbons (Fsp3) is 0.500. The van der Waals surface area contributed by atoms with Crippen LogP contribution in [0.3, 0.4) is 0 Å². The van der Waals surface area contributed by atoms with Crippen molar-refractivity contribution in [3.63, 3.8) is 0 Å². The van der Waals surface area contributed by atoms with Crippen molar-refractivity contribution in [2.24, 2.45) is 0 Å². The van der Waals surface area contributed by atoms with Crippen LogP contribution in [0.4, 0.5) is 10.5 Å². The summed E-state index contributed by atoms with van der Waals surface area (Å²) in [6, 6.07) is 4.11. The lowest BCUT2D eigenvalue weighted by molar-refractivity contribution is 0.217. The van der Waals surface area contributed by atoms with Crippen molar-refractivity contribution in [2.75, 3.05) is 29.9 Å². The van der Waals surface area contributed by atoms with Gasteiger partial charge in [-0.25, -0.2) is 4.79 Å². The minimum Gasteiger partial charge on any atom is -0.323 e. The second kappa shape index (κ2) is 7.18. The fourth-order valence-corrected chi connectivity index (χ4v) is 4.32. The molecule has 0 unspecified atom stereocenters. The normalized spacial score (nSPS) is 15.6. The summed E-state index contributed by atoms with van der Waals surface area (Å²) in [5, 5.41) is 3.00. The van der Waals surface area contributed by atoms with Crippen LogP contribution in [-0.2, 0) is 0 Å². The van der Waals surface area contributed by atoms with Gasteiger partial charge in [-0.3, -0.25) is 0 Å². The minimum absolute atomic E-state index is 0.0241. The number of halogens is 2. The van der Waals surface area contributed by atoms with E-state index in [0.29, 0.717) is 5.92 Å². The van der Waals surface area contributed by atoms with Crippen LogP contribution in [0.5, 0.6) is 0 Å². The Morgan fingerprint density at radius 2 is 1.80 bits per heavy atom. The number of anilines is 1. The van der Waals surface area contributed by atoms with Gasteiger partial charge in [-0.1, -0.05) is 13.8 Å². The van der Waals surface area contributed by atoms with Crippen molar-refractivity contribution in [2.45, 2.75) is 19.8 Å². The lowest BCUT2D eigenvalue weighted by Crippen LogP contribution is -2.40. The molecule has 1 N–H and O–H groups in total. The lowest BCUT2D eigenvalue weighted by Gasteiger charge is -2.27. The third-order valence-electron chi connectivity index (χ3n) is 3.26. The predicted octanol–water partition coefficient (Wildman–Crippen LogP) is 4.92. The molecule has 1 aromatic rings. The first-order valence-corrected chi connectivity index (χ1v) is 9.35. The molecule has 0 atom stereocenters. The van der Waals surface area contributed by atoms with Crippen molar-refractivity contribution in [1.29, 1.82) is 0 Å². The molecule has 2 rings (SSSR count). The van der Waals surface area contributed by atoms with E-state index in [4.69, 9.17) is 0 Å². The second-order valence-electron chi connectivity index (χ2n) is 5.04. The maximum atomic E-state index is 12.3. The summed E-state index contributed by atoms with van der Waals surface area (Å²) >= 11 is 9.00. The highest BCUT2D eigenvalue weighted by molar-refractivity contribution is 9.11. The van der Waals surface area contributed by atoms with E-state index in [9.17, 15) is 4.79 Å². The average Bonchev–Trinajstić information content (AvgIpc) is 2.43. The topological polar surface area (TPSA) is 32.3 Å².